The van der Waals surface area contributed by atoms with Crippen LogP contribution in [0.1, 0.15) is 27.4 Å². The Kier molecular flexibility index (Phi) is 7.48. The van der Waals surface area contributed by atoms with Crippen LogP contribution in [0.5, 0.6) is 5.75 Å². The van der Waals surface area contributed by atoms with E-state index in [1.807, 2.05) is 19.1 Å². The average molecular weight is 508 g/mol. The normalized spacial score (nSPS) is 15.1. The molecule has 1 fully saturated rings. The number of carboxylic acid groups (broad SMARTS) is 1. The van der Waals surface area contributed by atoms with Crippen molar-refractivity contribution in [3.05, 3.63) is 77.5 Å². The molecule has 0 saturated carbocycles. The predicted octanol–water partition coefficient (Wildman–Crippen LogP) is -0.646. The van der Waals surface area contributed by atoms with Gasteiger partial charge >= 0.3 is 51.4 Å². The van der Waals surface area contributed by atoms with E-state index < -0.39 is 5.97 Å². The first-order valence-electron chi connectivity index (χ1n) is 11.9. The van der Waals surface area contributed by atoms with E-state index in [-0.39, 0.29) is 63.7 Å². The quantitative estimate of drug-likeness (QED) is 0.332. The number of fused-ring (bicyclic) bond motifs is 4. The van der Waals surface area contributed by atoms with Crippen molar-refractivity contribution >= 4 is 22.6 Å². The molecule has 2 aliphatic rings. The molecule has 6 rings (SSSR count). The maximum Gasteiger partial charge on any atom is 1.00 e. The number of hydrogen-bond acceptors (Lipinski definition) is 7. The first kappa shape index (κ1) is 25.4. The van der Waals surface area contributed by atoms with Crippen molar-refractivity contribution in [2.75, 3.05) is 37.6 Å². The van der Waals surface area contributed by atoms with Crippen LogP contribution in [-0.4, -0.2) is 58.1 Å². The van der Waals surface area contributed by atoms with Gasteiger partial charge in [0.2, 0.25) is 0 Å². The first-order valence-corrected chi connectivity index (χ1v) is 11.9. The fraction of sp³-hybridized carbons (Fsp3) is 0.296. The van der Waals surface area contributed by atoms with Crippen LogP contribution >= 0.6 is 0 Å². The molecule has 0 aliphatic carbocycles. The molecular formula is C27H26KN5O3. The van der Waals surface area contributed by atoms with Gasteiger partial charge in [0.1, 0.15) is 24.4 Å². The number of imidazole rings is 1. The van der Waals surface area contributed by atoms with E-state index in [0.29, 0.717) is 5.69 Å². The number of aromatic nitrogens is 3. The number of anilines is 1. The smallest absolute Gasteiger partial charge is 0.543 e. The second-order valence-electron chi connectivity index (χ2n) is 9.13. The topological polar surface area (TPSA) is 86.5 Å². The fourth-order valence-electron chi connectivity index (χ4n) is 5.16. The maximum atomic E-state index is 11.3. The van der Waals surface area contributed by atoms with E-state index >= 15 is 0 Å². The number of carbonyl (C=O) groups is 1. The Morgan fingerprint density at radius 3 is 2.61 bits per heavy atom. The Balaban J connectivity index is 0.00000267. The minimum Gasteiger partial charge on any atom is -0.543 e. The molecular weight excluding hydrogens is 481 g/mol. The number of carbonyl (C=O) groups excluding carboxylic acids is 1. The molecule has 178 valence electrons. The first-order chi connectivity index (χ1) is 17.1. The Bertz CT molecular complexity index is 1430. The number of pyridine rings is 1. The van der Waals surface area contributed by atoms with Crippen LogP contribution in [-0.2, 0) is 13.0 Å². The van der Waals surface area contributed by atoms with E-state index in [1.54, 1.807) is 4.57 Å². The van der Waals surface area contributed by atoms with Gasteiger partial charge in [-0.3, -0.25) is 14.5 Å². The standard InChI is InChI=1S/C27H27N5O3.K/c1-18-8-9-20-21(29-18)5-3-6-22(20)31-14-12-30(13-15-31)11-10-19-4-2-7-23-26(19)35-16-24-25(27(33)34)28-17-32(23)24;/h2-9,17H,10-16H2,1H3,(H,33,34);/q;+1/p-1. The van der Waals surface area contributed by atoms with Crippen LogP contribution in [0.4, 0.5) is 5.69 Å². The third kappa shape index (κ3) is 4.71. The zero-order valence-corrected chi connectivity index (χ0v) is 23.7. The van der Waals surface area contributed by atoms with Crippen molar-refractivity contribution in [1.82, 2.24) is 19.4 Å². The number of hydrogen-bond donors (Lipinski definition) is 0. The molecule has 0 radical (unpaired) electrons. The van der Waals surface area contributed by atoms with Crippen molar-refractivity contribution in [2.24, 2.45) is 0 Å². The molecule has 0 amide bonds. The summed E-state index contributed by atoms with van der Waals surface area (Å²) < 4.78 is 7.81. The minimum atomic E-state index is -1.28. The zero-order valence-electron chi connectivity index (χ0n) is 20.6. The van der Waals surface area contributed by atoms with Gasteiger partial charge in [-0.05, 0) is 49.2 Å². The van der Waals surface area contributed by atoms with Gasteiger partial charge in [-0.1, -0.05) is 18.2 Å². The molecule has 2 aromatic heterocycles. The molecule has 0 unspecified atom stereocenters. The molecule has 0 bridgehead atoms. The monoisotopic (exact) mass is 507 g/mol. The van der Waals surface area contributed by atoms with Crippen LogP contribution in [0, 0.1) is 6.92 Å². The van der Waals surface area contributed by atoms with Crippen molar-refractivity contribution in [3.8, 4) is 11.4 Å². The number of rotatable bonds is 5. The molecule has 9 heteroatoms. The van der Waals surface area contributed by atoms with Crippen LogP contribution in [0.15, 0.2) is 54.9 Å². The summed E-state index contributed by atoms with van der Waals surface area (Å²) >= 11 is 0. The summed E-state index contributed by atoms with van der Waals surface area (Å²) in [6.07, 6.45) is 2.40. The number of aryl methyl sites for hydroxylation is 1. The summed E-state index contributed by atoms with van der Waals surface area (Å²) in [5, 5.41) is 12.5. The molecule has 8 nitrogen and oxygen atoms in total. The number of piperazine rings is 1. The number of benzene rings is 2. The zero-order chi connectivity index (χ0) is 23.9. The molecule has 0 atom stereocenters. The molecule has 0 spiro atoms. The van der Waals surface area contributed by atoms with Crippen molar-refractivity contribution in [2.45, 2.75) is 20.0 Å². The van der Waals surface area contributed by atoms with E-state index in [9.17, 15) is 9.90 Å². The van der Waals surface area contributed by atoms with Gasteiger partial charge in [-0.2, -0.15) is 0 Å². The molecule has 4 heterocycles. The SMILES string of the molecule is Cc1ccc2c(N3CCN(CCc4cccc5c4OCc4c(C(=O)[O-])ncn4-5)CC3)cccc2n1.[K+]. The maximum absolute atomic E-state index is 11.3. The van der Waals surface area contributed by atoms with Crippen LogP contribution < -0.4 is 66.1 Å². The Labute approximate surface area is 252 Å². The number of carboxylic acids is 1. The van der Waals surface area contributed by atoms with Crippen molar-refractivity contribution in [1.29, 1.82) is 0 Å². The number of aromatic carboxylic acids is 1. The molecule has 0 N–H and O–H groups in total. The Morgan fingerprint density at radius 1 is 1.03 bits per heavy atom. The summed E-state index contributed by atoms with van der Waals surface area (Å²) in [5.74, 6) is -0.476. The summed E-state index contributed by atoms with van der Waals surface area (Å²) in [6, 6.07) is 16.6. The molecule has 1 saturated heterocycles. The molecule has 2 aliphatic heterocycles. The second kappa shape index (κ2) is 10.6. The largest absolute Gasteiger partial charge is 1.00 e. The van der Waals surface area contributed by atoms with Crippen LogP contribution in [0.25, 0.3) is 16.6 Å². The Morgan fingerprint density at radius 2 is 1.81 bits per heavy atom. The van der Waals surface area contributed by atoms with Crippen LogP contribution in [0.2, 0.25) is 0 Å². The van der Waals surface area contributed by atoms with Crippen LogP contribution in [0.3, 0.4) is 0 Å². The number of nitrogens with zero attached hydrogens (tertiary/aromatic N) is 5. The van der Waals surface area contributed by atoms with Gasteiger partial charge in [0, 0.05) is 49.5 Å². The van der Waals surface area contributed by atoms with E-state index in [0.717, 1.165) is 67.4 Å². The van der Waals surface area contributed by atoms with Gasteiger partial charge in [-0.15, -0.1) is 0 Å². The van der Waals surface area contributed by atoms with Gasteiger partial charge in [0.25, 0.3) is 0 Å². The van der Waals surface area contributed by atoms with E-state index in [1.165, 1.54) is 17.4 Å². The number of ether oxygens (including phenoxy) is 1. The molecule has 36 heavy (non-hydrogen) atoms. The molecule has 4 aromatic rings. The predicted molar refractivity (Wildman–Crippen MR) is 131 cm³/mol. The second-order valence-corrected chi connectivity index (χ2v) is 9.13. The fourth-order valence-corrected chi connectivity index (χ4v) is 5.16. The molecule has 2 aromatic carbocycles. The summed E-state index contributed by atoms with van der Waals surface area (Å²) in [5.41, 5.74) is 5.75. The third-order valence-corrected chi connectivity index (χ3v) is 7.01. The van der Waals surface area contributed by atoms with E-state index in [4.69, 9.17) is 4.74 Å². The van der Waals surface area contributed by atoms with Gasteiger partial charge in [0.15, 0.2) is 0 Å². The Hall–Kier alpha value is -2.27. The summed E-state index contributed by atoms with van der Waals surface area (Å²) in [7, 11) is 0. The van der Waals surface area contributed by atoms with Crippen molar-refractivity contribution in [3.63, 3.8) is 0 Å². The van der Waals surface area contributed by atoms with Gasteiger partial charge in [-0.25, -0.2) is 4.98 Å². The summed E-state index contributed by atoms with van der Waals surface area (Å²) in [6.45, 7) is 7.06. The number of para-hydroxylation sites is 1. The van der Waals surface area contributed by atoms with Crippen molar-refractivity contribution < 1.29 is 66.0 Å². The van der Waals surface area contributed by atoms with Gasteiger partial charge in [0.05, 0.1) is 22.9 Å². The average Bonchev–Trinajstić information content (AvgIpc) is 3.32. The van der Waals surface area contributed by atoms with E-state index in [2.05, 4.69) is 56.2 Å². The summed E-state index contributed by atoms with van der Waals surface area (Å²) in [4.78, 5) is 25.0. The minimum absolute atomic E-state index is 0. The van der Waals surface area contributed by atoms with Gasteiger partial charge < -0.3 is 19.5 Å². The third-order valence-electron chi connectivity index (χ3n) is 7.01.